The van der Waals surface area contributed by atoms with Crippen LogP contribution in [0.5, 0.6) is 0 Å². The predicted octanol–water partition coefficient (Wildman–Crippen LogP) is 4.24. The molecular formula is C11H22O. The first-order chi connectivity index (χ1) is 5.72. The van der Waals surface area contributed by atoms with Crippen molar-refractivity contribution in [2.45, 2.75) is 34.6 Å². The normalized spacial score (nSPS) is 9.08. The van der Waals surface area contributed by atoms with Crippen molar-refractivity contribution in [1.82, 2.24) is 0 Å². The minimum absolute atomic E-state index is 0.194. The van der Waals surface area contributed by atoms with Crippen LogP contribution in [0.4, 0.5) is 0 Å². The number of aliphatic hydroxyl groups excluding tert-OH is 1. The lowest BCUT2D eigenvalue weighted by Crippen LogP contribution is -1.76. The molecule has 0 saturated heterocycles. The highest BCUT2D eigenvalue weighted by Crippen LogP contribution is 2.00. The molecule has 0 heterocycles. The van der Waals surface area contributed by atoms with Crippen molar-refractivity contribution in [2.24, 2.45) is 0 Å². The lowest BCUT2D eigenvalue weighted by molar-refractivity contribution is 0.428. The smallest absolute Gasteiger partial charge is 0.117 e. The molecular weight excluding hydrogens is 148 g/mol. The molecule has 1 nitrogen and oxygen atoms in total. The summed E-state index contributed by atoms with van der Waals surface area (Å²) in [5.74, 6) is 0.194. The summed E-state index contributed by atoms with van der Waals surface area (Å²) in [5.41, 5.74) is 0.750. The van der Waals surface area contributed by atoms with E-state index in [1.165, 1.54) is 6.08 Å². The van der Waals surface area contributed by atoms with E-state index in [0.29, 0.717) is 0 Å². The van der Waals surface area contributed by atoms with Crippen LogP contribution in [0, 0.1) is 0 Å². The van der Waals surface area contributed by atoms with Crippen molar-refractivity contribution in [3.8, 4) is 0 Å². The largest absolute Gasteiger partial charge is 0.508 e. The Labute approximate surface area is 77.1 Å². The van der Waals surface area contributed by atoms with E-state index in [2.05, 4.69) is 13.2 Å². The fraction of sp³-hybridized carbons (Fsp3) is 0.455. The molecule has 0 aromatic rings. The molecule has 0 spiro atoms. The highest BCUT2D eigenvalue weighted by atomic mass is 16.3. The number of allylic oxidation sites excluding steroid dienone is 3. The monoisotopic (exact) mass is 170 g/mol. The zero-order chi connectivity index (χ0) is 10.6. The molecule has 0 aromatic carbocycles. The molecule has 0 aliphatic rings. The summed E-state index contributed by atoms with van der Waals surface area (Å²) in [6.45, 7) is 16.6. The van der Waals surface area contributed by atoms with Crippen molar-refractivity contribution >= 4 is 0 Å². The van der Waals surface area contributed by atoms with Gasteiger partial charge in [0, 0.05) is 0 Å². The summed E-state index contributed by atoms with van der Waals surface area (Å²) in [6, 6.07) is 0. The predicted molar refractivity (Wildman–Crippen MR) is 58.4 cm³/mol. The minimum Gasteiger partial charge on any atom is -0.508 e. The van der Waals surface area contributed by atoms with E-state index in [1.807, 2.05) is 27.7 Å². The molecule has 72 valence electrons. The first kappa shape index (κ1) is 17.2. The highest BCUT2D eigenvalue weighted by molar-refractivity contribution is 5.23. The Bertz CT molecular complexity index is 116. The van der Waals surface area contributed by atoms with Crippen molar-refractivity contribution < 1.29 is 5.11 Å². The van der Waals surface area contributed by atoms with Gasteiger partial charge in [-0.2, -0.15) is 0 Å². The summed E-state index contributed by atoms with van der Waals surface area (Å²) in [6.07, 6.45) is 2.97. The standard InChI is InChI=1S/C7H10O.2C2H6/c1-4-6(3)7(8)5-2;2*1-2/h4-5,8H,1-2H2,3H3;2*1-2H3/b7-6+;;. The van der Waals surface area contributed by atoms with E-state index in [9.17, 15) is 0 Å². The van der Waals surface area contributed by atoms with Gasteiger partial charge in [0.25, 0.3) is 0 Å². The van der Waals surface area contributed by atoms with E-state index < -0.39 is 0 Å². The third-order valence-electron chi connectivity index (χ3n) is 0.904. The SMILES string of the molecule is C=C/C(C)=C(/O)C=C.CC.CC. The first-order valence-electron chi connectivity index (χ1n) is 4.37. The average molecular weight is 170 g/mol. The van der Waals surface area contributed by atoms with Gasteiger partial charge in [-0.05, 0) is 18.6 Å². The Morgan fingerprint density at radius 2 is 1.33 bits per heavy atom. The van der Waals surface area contributed by atoms with Crippen LogP contribution in [-0.2, 0) is 0 Å². The van der Waals surface area contributed by atoms with E-state index in [1.54, 1.807) is 13.0 Å². The molecule has 0 amide bonds. The van der Waals surface area contributed by atoms with Crippen molar-refractivity contribution in [1.29, 1.82) is 0 Å². The van der Waals surface area contributed by atoms with Gasteiger partial charge in [0.05, 0.1) is 0 Å². The number of rotatable bonds is 2. The van der Waals surface area contributed by atoms with Gasteiger partial charge >= 0.3 is 0 Å². The summed E-state index contributed by atoms with van der Waals surface area (Å²) in [7, 11) is 0. The van der Waals surface area contributed by atoms with Crippen LogP contribution < -0.4 is 0 Å². The van der Waals surface area contributed by atoms with E-state index in [0.717, 1.165) is 5.57 Å². The topological polar surface area (TPSA) is 20.2 Å². The Balaban J connectivity index is -0.000000175. The Morgan fingerprint density at radius 3 is 1.42 bits per heavy atom. The zero-order valence-electron chi connectivity index (χ0n) is 9.02. The van der Waals surface area contributed by atoms with Gasteiger partial charge in [0.15, 0.2) is 0 Å². The second kappa shape index (κ2) is 16.5. The number of hydrogen-bond donors (Lipinski definition) is 1. The Hall–Kier alpha value is -0.980. The van der Waals surface area contributed by atoms with Gasteiger partial charge in [-0.1, -0.05) is 46.9 Å². The van der Waals surface area contributed by atoms with Gasteiger partial charge in [0.1, 0.15) is 5.76 Å². The van der Waals surface area contributed by atoms with E-state index >= 15 is 0 Å². The van der Waals surface area contributed by atoms with Crippen LogP contribution in [0.2, 0.25) is 0 Å². The molecule has 0 rings (SSSR count). The van der Waals surface area contributed by atoms with Crippen LogP contribution in [0.15, 0.2) is 36.6 Å². The second-order valence-electron chi connectivity index (χ2n) is 1.48. The summed E-state index contributed by atoms with van der Waals surface area (Å²) >= 11 is 0. The van der Waals surface area contributed by atoms with Crippen molar-refractivity contribution in [2.75, 3.05) is 0 Å². The van der Waals surface area contributed by atoms with Gasteiger partial charge in [-0.25, -0.2) is 0 Å². The molecule has 1 N–H and O–H groups in total. The third kappa shape index (κ3) is 11.8. The maximum absolute atomic E-state index is 8.82. The molecule has 0 aromatic heterocycles. The molecule has 12 heavy (non-hydrogen) atoms. The minimum atomic E-state index is 0.194. The molecule has 0 radical (unpaired) electrons. The van der Waals surface area contributed by atoms with Crippen molar-refractivity contribution in [3.05, 3.63) is 36.6 Å². The fourth-order valence-corrected chi connectivity index (χ4v) is 0.266. The lowest BCUT2D eigenvalue weighted by atomic mass is 10.2. The highest BCUT2D eigenvalue weighted by Gasteiger charge is 1.85. The quantitative estimate of drug-likeness (QED) is 0.485. The van der Waals surface area contributed by atoms with Crippen LogP contribution in [-0.4, -0.2) is 5.11 Å². The lowest BCUT2D eigenvalue weighted by Gasteiger charge is -1.91. The molecule has 1 heteroatoms. The third-order valence-corrected chi connectivity index (χ3v) is 0.904. The second-order valence-corrected chi connectivity index (χ2v) is 1.48. The van der Waals surface area contributed by atoms with Crippen LogP contribution in [0.1, 0.15) is 34.6 Å². The van der Waals surface area contributed by atoms with Gasteiger partial charge in [0.2, 0.25) is 0 Å². The molecule has 0 unspecified atom stereocenters. The number of hydrogen-bond acceptors (Lipinski definition) is 1. The van der Waals surface area contributed by atoms with E-state index in [4.69, 9.17) is 5.11 Å². The summed E-state index contributed by atoms with van der Waals surface area (Å²) in [5, 5.41) is 8.82. The fourth-order valence-electron chi connectivity index (χ4n) is 0.266. The molecule has 0 fully saturated rings. The van der Waals surface area contributed by atoms with Crippen molar-refractivity contribution in [3.63, 3.8) is 0 Å². The number of aliphatic hydroxyl groups is 1. The van der Waals surface area contributed by atoms with E-state index in [-0.39, 0.29) is 5.76 Å². The maximum atomic E-state index is 8.82. The van der Waals surface area contributed by atoms with Crippen LogP contribution >= 0.6 is 0 Å². The van der Waals surface area contributed by atoms with Gasteiger partial charge < -0.3 is 5.11 Å². The van der Waals surface area contributed by atoms with Gasteiger partial charge in [-0.15, -0.1) is 0 Å². The molecule has 0 atom stereocenters. The van der Waals surface area contributed by atoms with Crippen LogP contribution in [0.3, 0.4) is 0 Å². The average Bonchev–Trinajstić information content (AvgIpc) is 2.21. The summed E-state index contributed by atoms with van der Waals surface area (Å²) in [4.78, 5) is 0. The molecule has 0 bridgehead atoms. The van der Waals surface area contributed by atoms with Gasteiger partial charge in [-0.3, -0.25) is 0 Å². The first-order valence-corrected chi connectivity index (χ1v) is 4.37. The maximum Gasteiger partial charge on any atom is 0.117 e. The molecule has 0 aliphatic carbocycles. The zero-order valence-corrected chi connectivity index (χ0v) is 9.02. The Morgan fingerprint density at radius 1 is 1.00 bits per heavy atom. The molecule has 0 saturated carbocycles. The molecule has 0 aliphatic heterocycles. The summed E-state index contributed by atoms with van der Waals surface area (Å²) < 4.78 is 0. The Kier molecular flexibility index (Phi) is 23.7. The van der Waals surface area contributed by atoms with Crippen LogP contribution in [0.25, 0.3) is 0 Å².